The quantitative estimate of drug-likeness (QED) is 0.354. The van der Waals surface area contributed by atoms with Crippen molar-refractivity contribution < 1.29 is 28.2 Å². The van der Waals surface area contributed by atoms with E-state index < -0.39 is 35.8 Å². The molecule has 9 heteroatoms. The number of anilines is 1. The number of hydrogen-bond acceptors (Lipinski definition) is 5. The third-order valence-corrected chi connectivity index (χ3v) is 6.44. The molecule has 2 atom stereocenters. The second kappa shape index (κ2) is 12.6. The van der Waals surface area contributed by atoms with E-state index in [9.17, 15) is 23.5 Å². The molecule has 3 N–H and O–H groups in total. The van der Waals surface area contributed by atoms with Gasteiger partial charge in [-0.25, -0.2) is 13.6 Å². The molecule has 0 saturated carbocycles. The summed E-state index contributed by atoms with van der Waals surface area (Å²) in [7, 11) is 0. The van der Waals surface area contributed by atoms with Crippen LogP contribution in [0.5, 0.6) is 0 Å². The van der Waals surface area contributed by atoms with E-state index in [-0.39, 0.29) is 13.0 Å². The molecule has 1 aliphatic heterocycles. The fourth-order valence-corrected chi connectivity index (χ4v) is 4.40. The molecule has 4 rings (SSSR count). The Bertz CT molecular complexity index is 1250. The SMILES string of the molecule is CCc1cccc(CNC[C@H](O)[C@@H](Cc2cc(F)cc(F)c2)NC(=O)c2ccc(N3CCOC3=O)cc2)c1. The molecule has 1 saturated heterocycles. The third-order valence-electron chi connectivity index (χ3n) is 6.44. The first-order chi connectivity index (χ1) is 18.3. The zero-order valence-corrected chi connectivity index (χ0v) is 21.1. The average Bonchev–Trinajstić information content (AvgIpc) is 3.33. The van der Waals surface area contributed by atoms with Gasteiger partial charge in [0.05, 0.1) is 18.7 Å². The van der Waals surface area contributed by atoms with Crippen LogP contribution in [0.15, 0.2) is 66.7 Å². The van der Waals surface area contributed by atoms with Crippen LogP contribution in [0.4, 0.5) is 19.3 Å². The molecule has 1 heterocycles. The lowest BCUT2D eigenvalue weighted by atomic mass is 10.00. The van der Waals surface area contributed by atoms with Crippen LogP contribution >= 0.6 is 0 Å². The first-order valence-corrected chi connectivity index (χ1v) is 12.6. The number of aliphatic hydroxyl groups excluding tert-OH is 1. The van der Waals surface area contributed by atoms with E-state index >= 15 is 0 Å². The monoisotopic (exact) mass is 523 g/mol. The van der Waals surface area contributed by atoms with Crippen LogP contribution in [0.2, 0.25) is 0 Å². The number of nitrogens with one attached hydrogen (secondary N) is 2. The molecule has 0 unspecified atom stereocenters. The number of amides is 2. The summed E-state index contributed by atoms with van der Waals surface area (Å²) in [5, 5.41) is 17.0. The molecule has 2 amide bonds. The van der Waals surface area contributed by atoms with Crippen molar-refractivity contribution in [2.75, 3.05) is 24.6 Å². The predicted molar refractivity (Wildman–Crippen MR) is 140 cm³/mol. The fraction of sp³-hybridized carbons (Fsp3) is 0.310. The van der Waals surface area contributed by atoms with Gasteiger partial charge in [0.15, 0.2) is 0 Å². The number of aryl methyl sites for hydroxylation is 1. The molecule has 3 aromatic rings. The van der Waals surface area contributed by atoms with Crippen molar-refractivity contribution in [3.63, 3.8) is 0 Å². The number of halogens is 2. The Morgan fingerprint density at radius 2 is 1.74 bits per heavy atom. The standard InChI is InChI=1S/C29H31F2N3O4/c1-2-19-4-3-5-20(12-19)17-32-18-27(35)26(15-21-13-23(30)16-24(31)14-21)33-28(36)22-6-8-25(9-7-22)34-10-11-38-29(34)37/h3-9,12-14,16,26-27,32,35H,2,10-11,15,17-18H2,1H3,(H,33,36)/t26-,27+/m1/s1. The maximum absolute atomic E-state index is 13.8. The molecule has 1 fully saturated rings. The maximum atomic E-state index is 13.8. The van der Waals surface area contributed by atoms with Crippen molar-refractivity contribution in [2.45, 2.75) is 38.5 Å². The van der Waals surface area contributed by atoms with Gasteiger partial charge in [-0.1, -0.05) is 31.2 Å². The minimum Gasteiger partial charge on any atom is -0.447 e. The number of rotatable bonds is 11. The minimum absolute atomic E-state index is 0.0201. The lowest BCUT2D eigenvalue weighted by molar-refractivity contribution is 0.0830. The van der Waals surface area contributed by atoms with E-state index in [1.807, 2.05) is 18.2 Å². The number of benzene rings is 3. The van der Waals surface area contributed by atoms with Crippen molar-refractivity contribution in [3.05, 3.63) is 101 Å². The normalized spacial score (nSPS) is 14.7. The number of carbonyl (C=O) groups excluding carboxylic acids is 2. The topological polar surface area (TPSA) is 90.9 Å². The molecule has 0 bridgehead atoms. The van der Waals surface area contributed by atoms with Gasteiger partial charge in [0.2, 0.25) is 0 Å². The van der Waals surface area contributed by atoms with Crippen molar-refractivity contribution in [1.29, 1.82) is 0 Å². The molecule has 3 aromatic carbocycles. The van der Waals surface area contributed by atoms with Crippen LogP contribution in [-0.2, 0) is 24.1 Å². The zero-order chi connectivity index (χ0) is 27.1. The highest BCUT2D eigenvalue weighted by atomic mass is 19.1. The second-order valence-electron chi connectivity index (χ2n) is 9.25. The number of aliphatic hydroxyl groups is 1. The van der Waals surface area contributed by atoms with Gasteiger partial charge < -0.3 is 20.5 Å². The lowest BCUT2D eigenvalue weighted by Gasteiger charge is -2.25. The van der Waals surface area contributed by atoms with Gasteiger partial charge in [0.25, 0.3) is 5.91 Å². The van der Waals surface area contributed by atoms with Crippen molar-refractivity contribution in [1.82, 2.24) is 10.6 Å². The Kier molecular flexibility index (Phi) is 9.04. The number of nitrogens with zero attached hydrogens (tertiary/aromatic N) is 1. The largest absolute Gasteiger partial charge is 0.447 e. The first kappa shape index (κ1) is 27.2. The summed E-state index contributed by atoms with van der Waals surface area (Å²) in [5.74, 6) is -1.92. The molecule has 200 valence electrons. The number of hydrogen-bond donors (Lipinski definition) is 3. The Balaban J connectivity index is 1.44. The summed E-state index contributed by atoms with van der Waals surface area (Å²) >= 11 is 0. The second-order valence-corrected chi connectivity index (χ2v) is 9.25. The molecule has 0 spiro atoms. The minimum atomic E-state index is -1.04. The molecule has 1 aliphatic rings. The van der Waals surface area contributed by atoms with Crippen molar-refractivity contribution >= 4 is 17.7 Å². The highest BCUT2D eigenvalue weighted by Gasteiger charge is 2.25. The van der Waals surface area contributed by atoms with Gasteiger partial charge in [-0.05, 0) is 65.9 Å². The van der Waals surface area contributed by atoms with Crippen LogP contribution in [0, 0.1) is 11.6 Å². The van der Waals surface area contributed by atoms with Crippen LogP contribution in [0.1, 0.15) is 34.0 Å². The van der Waals surface area contributed by atoms with Gasteiger partial charge in [0, 0.05) is 30.4 Å². The van der Waals surface area contributed by atoms with E-state index in [4.69, 9.17) is 4.74 Å². The van der Waals surface area contributed by atoms with E-state index in [1.54, 1.807) is 24.3 Å². The molecule has 38 heavy (non-hydrogen) atoms. The molecule has 7 nitrogen and oxygen atoms in total. The average molecular weight is 524 g/mol. The van der Waals surface area contributed by atoms with E-state index in [0.29, 0.717) is 36.5 Å². The number of ether oxygens (including phenoxy) is 1. The predicted octanol–water partition coefficient (Wildman–Crippen LogP) is 3.98. The van der Waals surface area contributed by atoms with Crippen molar-refractivity contribution in [2.24, 2.45) is 0 Å². The van der Waals surface area contributed by atoms with Gasteiger partial charge in [0.1, 0.15) is 18.2 Å². The number of carbonyl (C=O) groups is 2. The maximum Gasteiger partial charge on any atom is 0.414 e. The zero-order valence-electron chi connectivity index (χ0n) is 21.1. The molecule has 0 aliphatic carbocycles. The van der Waals surface area contributed by atoms with Crippen LogP contribution < -0.4 is 15.5 Å². The Morgan fingerprint density at radius 3 is 2.39 bits per heavy atom. The lowest BCUT2D eigenvalue weighted by Crippen LogP contribution is -2.48. The molecular weight excluding hydrogens is 492 g/mol. The van der Waals surface area contributed by atoms with Crippen LogP contribution in [0.3, 0.4) is 0 Å². The summed E-state index contributed by atoms with van der Waals surface area (Å²) in [6.07, 6.45) is -0.552. The third kappa shape index (κ3) is 7.14. The smallest absolute Gasteiger partial charge is 0.414 e. The van der Waals surface area contributed by atoms with Crippen LogP contribution in [-0.4, -0.2) is 48.9 Å². The Morgan fingerprint density at radius 1 is 1.03 bits per heavy atom. The summed E-state index contributed by atoms with van der Waals surface area (Å²) in [6, 6.07) is 16.8. The highest BCUT2D eigenvalue weighted by Crippen LogP contribution is 2.20. The summed E-state index contributed by atoms with van der Waals surface area (Å²) in [6.45, 7) is 3.47. The fourth-order valence-electron chi connectivity index (χ4n) is 4.40. The number of cyclic esters (lactones) is 1. The molecule has 0 aromatic heterocycles. The van der Waals surface area contributed by atoms with E-state index in [2.05, 4.69) is 23.6 Å². The highest BCUT2D eigenvalue weighted by molar-refractivity contribution is 5.96. The molecular formula is C29H31F2N3O4. The van der Waals surface area contributed by atoms with Gasteiger partial charge in [-0.15, -0.1) is 0 Å². The summed E-state index contributed by atoms with van der Waals surface area (Å²) in [5.41, 5.74) is 3.49. The first-order valence-electron chi connectivity index (χ1n) is 12.6. The van der Waals surface area contributed by atoms with E-state index in [1.165, 1.54) is 22.6 Å². The summed E-state index contributed by atoms with van der Waals surface area (Å²) in [4.78, 5) is 26.3. The van der Waals surface area contributed by atoms with E-state index in [0.717, 1.165) is 18.1 Å². The van der Waals surface area contributed by atoms with Gasteiger partial charge in [-0.2, -0.15) is 0 Å². The van der Waals surface area contributed by atoms with Gasteiger partial charge in [-0.3, -0.25) is 9.69 Å². The van der Waals surface area contributed by atoms with Crippen LogP contribution in [0.25, 0.3) is 0 Å². The molecule has 0 radical (unpaired) electrons. The van der Waals surface area contributed by atoms with Crippen molar-refractivity contribution in [3.8, 4) is 0 Å². The van der Waals surface area contributed by atoms with Gasteiger partial charge >= 0.3 is 6.09 Å². The Labute approximate surface area is 220 Å². The summed E-state index contributed by atoms with van der Waals surface area (Å²) < 4.78 is 32.6. The Hall–Kier alpha value is -3.82.